The van der Waals surface area contributed by atoms with E-state index in [1.54, 1.807) is 0 Å². The molecule has 8 heteroatoms. The Morgan fingerprint density at radius 1 is 0.920 bits per heavy atom. The highest BCUT2D eigenvalue weighted by atomic mass is 35.5. The second-order valence-corrected chi connectivity index (χ2v) is 5.90. The monoisotopic (exact) mass is 384 g/mol. The summed E-state index contributed by atoms with van der Waals surface area (Å²) in [7, 11) is 0. The minimum absolute atomic E-state index is 0.0775. The zero-order chi connectivity index (χ0) is 18.6. The third-order valence-corrected chi connectivity index (χ3v) is 3.55. The normalized spacial score (nSPS) is 10.2. The van der Waals surface area contributed by atoms with E-state index in [4.69, 9.17) is 23.2 Å². The summed E-state index contributed by atoms with van der Waals surface area (Å²) in [5.41, 5.74) is -0.299. The van der Waals surface area contributed by atoms with Crippen molar-refractivity contribution in [2.75, 3.05) is 10.6 Å². The van der Waals surface area contributed by atoms with E-state index in [0.29, 0.717) is 0 Å². The zero-order valence-corrected chi connectivity index (χ0v) is 14.2. The molecule has 4 nitrogen and oxygen atoms in total. The maximum atomic E-state index is 13.6. The summed E-state index contributed by atoms with van der Waals surface area (Å²) in [6.07, 6.45) is -0.400. The van der Waals surface area contributed by atoms with Crippen LogP contribution < -0.4 is 10.6 Å². The quantitative estimate of drug-likeness (QED) is 0.727. The van der Waals surface area contributed by atoms with Crippen LogP contribution >= 0.6 is 23.2 Å². The number of nitrogens with one attached hydrogen (secondary N) is 2. The number of hydrogen-bond acceptors (Lipinski definition) is 2. The van der Waals surface area contributed by atoms with Gasteiger partial charge in [-0.15, -0.1) is 0 Å². The van der Waals surface area contributed by atoms with E-state index < -0.39 is 29.9 Å². The van der Waals surface area contributed by atoms with E-state index in [9.17, 15) is 18.4 Å². The number of halogens is 4. The summed E-state index contributed by atoms with van der Waals surface area (Å²) >= 11 is 11.2. The van der Waals surface area contributed by atoms with Gasteiger partial charge in [-0.3, -0.25) is 9.59 Å². The van der Waals surface area contributed by atoms with Gasteiger partial charge in [0.15, 0.2) is 0 Å². The van der Waals surface area contributed by atoms with E-state index in [1.807, 2.05) is 0 Å². The Labute approximate surface area is 152 Å². The van der Waals surface area contributed by atoms with Crippen LogP contribution in [-0.2, 0) is 9.59 Å². The summed E-state index contributed by atoms with van der Waals surface area (Å²) in [5, 5.41) is 4.95. The minimum Gasteiger partial charge on any atom is -0.323 e. The third-order valence-electron chi connectivity index (χ3n) is 3.08. The molecule has 0 spiro atoms. The van der Waals surface area contributed by atoms with E-state index in [-0.39, 0.29) is 27.0 Å². The van der Waals surface area contributed by atoms with Gasteiger partial charge in [-0.2, -0.15) is 0 Å². The Morgan fingerprint density at radius 2 is 1.40 bits per heavy atom. The van der Waals surface area contributed by atoms with Crippen molar-refractivity contribution in [2.45, 2.75) is 6.42 Å². The van der Waals surface area contributed by atoms with Gasteiger partial charge in [0.2, 0.25) is 5.91 Å². The SMILES string of the molecule is C=C(CC(=O)Nc1ccc(Cl)cc1F)C(=O)Nc1ccc(Cl)cc1F. The minimum atomic E-state index is -0.743. The molecule has 0 aliphatic heterocycles. The van der Waals surface area contributed by atoms with Crippen LogP contribution in [0, 0.1) is 11.6 Å². The molecule has 0 aliphatic carbocycles. The molecule has 130 valence electrons. The number of rotatable bonds is 5. The van der Waals surface area contributed by atoms with Crippen LogP contribution in [0.5, 0.6) is 0 Å². The van der Waals surface area contributed by atoms with Crippen molar-refractivity contribution in [3.8, 4) is 0 Å². The lowest BCUT2D eigenvalue weighted by Gasteiger charge is -2.10. The highest BCUT2D eigenvalue weighted by Crippen LogP contribution is 2.21. The molecule has 2 aromatic rings. The predicted molar refractivity (Wildman–Crippen MR) is 93.8 cm³/mol. The molecule has 2 aromatic carbocycles. The molecule has 0 atom stereocenters. The molecule has 0 unspecified atom stereocenters. The molecule has 0 saturated heterocycles. The number of carbonyl (C=O) groups is 2. The van der Waals surface area contributed by atoms with Gasteiger partial charge >= 0.3 is 0 Å². The van der Waals surface area contributed by atoms with Crippen molar-refractivity contribution in [3.63, 3.8) is 0 Å². The lowest BCUT2D eigenvalue weighted by atomic mass is 10.1. The maximum Gasteiger partial charge on any atom is 0.251 e. The second-order valence-electron chi connectivity index (χ2n) is 5.03. The Hall–Kier alpha value is -2.44. The van der Waals surface area contributed by atoms with Crippen LogP contribution in [0.2, 0.25) is 10.0 Å². The zero-order valence-electron chi connectivity index (χ0n) is 12.7. The molecule has 2 amide bonds. The fourth-order valence-corrected chi connectivity index (χ4v) is 2.18. The predicted octanol–water partition coefficient (Wildman–Crippen LogP) is 4.80. The lowest BCUT2D eigenvalue weighted by Crippen LogP contribution is -2.20. The molecular weight excluding hydrogens is 373 g/mol. The molecule has 0 heterocycles. The van der Waals surface area contributed by atoms with Crippen LogP contribution in [0.15, 0.2) is 48.6 Å². The summed E-state index contributed by atoms with van der Waals surface area (Å²) in [5.74, 6) is -2.83. The van der Waals surface area contributed by atoms with Gasteiger partial charge in [0.1, 0.15) is 11.6 Å². The smallest absolute Gasteiger partial charge is 0.251 e. The molecule has 0 aromatic heterocycles. The molecule has 0 fully saturated rings. The first-order valence-electron chi connectivity index (χ1n) is 6.95. The average Bonchev–Trinajstić information content (AvgIpc) is 2.52. The van der Waals surface area contributed by atoms with Gasteiger partial charge in [-0.25, -0.2) is 8.78 Å². The molecule has 2 rings (SSSR count). The van der Waals surface area contributed by atoms with Crippen molar-refractivity contribution in [1.82, 2.24) is 0 Å². The van der Waals surface area contributed by atoms with Crippen molar-refractivity contribution >= 4 is 46.4 Å². The van der Waals surface area contributed by atoms with E-state index in [0.717, 1.165) is 12.1 Å². The molecule has 2 N–H and O–H groups in total. The molecule has 0 bridgehead atoms. The highest BCUT2D eigenvalue weighted by molar-refractivity contribution is 6.31. The number of hydrogen-bond donors (Lipinski definition) is 2. The van der Waals surface area contributed by atoms with Gasteiger partial charge in [-0.1, -0.05) is 29.8 Å². The van der Waals surface area contributed by atoms with Crippen LogP contribution in [-0.4, -0.2) is 11.8 Å². The van der Waals surface area contributed by atoms with Crippen LogP contribution in [0.1, 0.15) is 6.42 Å². The van der Waals surface area contributed by atoms with E-state index in [1.165, 1.54) is 24.3 Å². The van der Waals surface area contributed by atoms with Gasteiger partial charge < -0.3 is 10.6 Å². The standard InChI is InChI=1S/C17H12Cl2F2N2O2/c1-9(17(25)23-15-5-3-11(19)8-13(15)21)6-16(24)22-14-4-2-10(18)7-12(14)20/h2-5,7-8H,1,6H2,(H,22,24)(H,23,25). The van der Waals surface area contributed by atoms with Crippen LogP contribution in [0.25, 0.3) is 0 Å². The van der Waals surface area contributed by atoms with Crippen molar-refractivity contribution in [1.29, 1.82) is 0 Å². The number of anilines is 2. The summed E-state index contributed by atoms with van der Waals surface area (Å²) in [6.45, 7) is 3.48. The van der Waals surface area contributed by atoms with E-state index in [2.05, 4.69) is 17.2 Å². The Kier molecular flexibility index (Phi) is 6.12. The number of carbonyl (C=O) groups excluding carboxylic acids is 2. The number of amides is 2. The second kappa shape index (κ2) is 8.09. The van der Waals surface area contributed by atoms with Gasteiger partial charge in [0.05, 0.1) is 17.8 Å². The molecule has 0 saturated carbocycles. The average molecular weight is 385 g/mol. The van der Waals surface area contributed by atoms with Crippen molar-refractivity contribution in [3.05, 3.63) is 70.2 Å². The molecule has 0 aliphatic rings. The highest BCUT2D eigenvalue weighted by Gasteiger charge is 2.15. The lowest BCUT2D eigenvalue weighted by molar-refractivity contribution is -0.118. The van der Waals surface area contributed by atoms with Crippen molar-refractivity contribution in [2.24, 2.45) is 0 Å². The van der Waals surface area contributed by atoms with Gasteiger partial charge in [0, 0.05) is 15.6 Å². The molecular formula is C17H12Cl2F2N2O2. The van der Waals surface area contributed by atoms with Crippen LogP contribution in [0.4, 0.5) is 20.2 Å². The Bertz CT molecular complexity index is 857. The summed E-state index contributed by atoms with van der Waals surface area (Å²) in [6, 6.07) is 7.47. The first-order chi connectivity index (χ1) is 11.8. The first kappa shape index (κ1) is 18.9. The Balaban J connectivity index is 1.96. The van der Waals surface area contributed by atoms with Gasteiger partial charge in [0.25, 0.3) is 5.91 Å². The van der Waals surface area contributed by atoms with E-state index >= 15 is 0 Å². The number of benzene rings is 2. The topological polar surface area (TPSA) is 58.2 Å². The van der Waals surface area contributed by atoms with Crippen molar-refractivity contribution < 1.29 is 18.4 Å². The fraction of sp³-hybridized carbons (Fsp3) is 0.0588. The first-order valence-corrected chi connectivity index (χ1v) is 7.71. The largest absolute Gasteiger partial charge is 0.323 e. The molecule has 25 heavy (non-hydrogen) atoms. The van der Waals surface area contributed by atoms with Gasteiger partial charge in [-0.05, 0) is 36.4 Å². The maximum absolute atomic E-state index is 13.6. The summed E-state index contributed by atoms with van der Waals surface area (Å²) in [4.78, 5) is 23.9. The van der Waals surface area contributed by atoms with Crippen LogP contribution in [0.3, 0.4) is 0 Å². The summed E-state index contributed by atoms with van der Waals surface area (Å²) < 4.78 is 27.3. The fourth-order valence-electron chi connectivity index (χ4n) is 1.86. The molecule has 0 radical (unpaired) electrons. The third kappa shape index (κ3) is 5.27. The Morgan fingerprint density at radius 3 is 1.88 bits per heavy atom.